The van der Waals surface area contributed by atoms with Gasteiger partial charge in [-0.15, -0.1) is 0 Å². The number of nitrogens with zero attached hydrogens (tertiary/aromatic N) is 1. The van der Waals surface area contributed by atoms with Gasteiger partial charge in [0, 0.05) is 18.2 Å². The van der Waals surface area contributed by atoms with Crippen LogP contribution in [0.5, 0.6) is 0 Å². The minimum absolute atomic E-state index is 0.0264. The van der Waals surface area contributed by atoms with E-state index in [1.165, 1.54) is 5.56 Å². The van der Waals surface area contributed by atoms with Crippen LogP contribution in [0.2, 0.25) is 0 Å². The second kappa shape index (κ2) is 9.61. The first-order chi connectivity index (χ1) is 12.0. The number of carbonyl (C=O) groups is 3. The van der Waals surface area contributed by atoms with Crippen molar-refractivity contribution < 1.29 is 14.4 Å². The van der Waals surface area contributed by atoms with E-state index in [4.69, 9.17) is 0 Å². The monoisotopic (exact) mass is 362 g/mol. The lowest BCUT2D eigenvalue weighted by atomic mass is 10.0. The van der Waals surface area contributed by atoms with Gasteiger partial charge in [0.25, 0.3) is 0 Å². The Morgan fingerprint density at radius 1 is 1.28 bits per heavy atom. The number of aryl methyl sites for hydroxylation is 1. The number of thioether (sulfide) groups is 1. The molecule has 1 atom stereocenters. The number of carbonyl (C=O) groups excluding carboxylic acids is 3. The molecule has 0 spiro atoms. The van der Waals surface area contributed by atoms with E-state index < -0.39 is 0 Å². The summed E-state index contributed by atoms with van der Waals surface area (Å²) < 4.78 is 0. The first-order valence-corrected chi connectivity index (χ1v) is 9.83. The Morgan fingerprint density at radius 2 is 2.04 bits per heavy atom. The Bertz CT molecular complexity index is 633. The Kier molecular flexibility index (Phi) is 7.50. The second-order valence-electron chi connectivity index (χ2n) is 6.35. The maximum atomic E-state index is 12.5. The van der Waals surface area contributed by atoms with Gasteiger partial charge in [-0.1, -0.05) is 50.2 Å². The highest BCUT2D eigenvalue weighted by Crippen LogP contribution is 2.27. The van der Waals surface area contributed by atoms with E-state index >= 15 is 0 Å². The summed E-state index contributed by atoms with van der Waals surface area (Å²) in [4.78, 5) is 38.0. The molecule has 25 heavy (non-hydrogen) atoms. The summed E-state index contributed by atoms with van der Waals surface area (Å²) >= 11 is 0.975. The van der Waals surface area contributed by atoms with Crippen molar-refractivity contribution in [3.63, 3.8) is 0 Å². The molecule has 136 valence electrons. The third-order valence-electron chi connectivity index (χ3n) is 4.34. The number of hydrogen-bond acceptors (Lipinski definition) is 4. The molecule has 1 aliphatic heterocycles. The fourth-order valence-corrected chi connectivity index (χ4v) is 3.58. The number of anilines is 1. The molecule has 1 heterocycles. The van der Waals surface area contributed by atoms with E-state index in [0.717, 1.165) is 43.1 Å². The number of nitrogens with one attached hydrogen (secondary N) is 1. The average Bonchev–Trinajstić information content (AvgIpc) is 2.63. The second-order valence-corrected chi connectivity index (χ2v) is 7.38. The Labute approximate surface area is 153 Å². The summed E-state index contributed by atoms with van der Waals surface area (Å²) in [5.74, 6) is -0.148. The highest BCUT2D eigenvalue weighted by atomic mass is 32.2. The number of fused-ring (bicyclic) bond motifs is 1. The maximum absolute atomic E-state index is 12.5. The molecule has 1 N–H and O–H groups in total. The molecule has 5 nitrogen and oxygen atoms in total. The number of benzene rings is 1. The van der Waals surface area contributed by atoms with E-state index in [2.05, 4.69) is 5.32 Å². The van der Waals surface area contributed by atoms with Gasteiger partial charge in [0.05, 0.1) is 12.3 Å². The zero-order chi connectivity index (χ0) is 18.2. The van der Waals surface area contributed by atoms with E-state index in [1.54, 1.807) is 4.90 Å². The van der Waals surface area contributed by atoms with Crippen molar-refractivity contribution in [1.29, 1.82) is 0 Å². The molecule has 0 radical (unpaired) electrons. The molecule has 2 amide bonds. The molecule has 1 aromatic carbocycles. The molecule has 0 bridgehead atoms. The summed E-state index contributed by atoms with van der Waals surface area (Å²) in [7, 11) is 0. The van der Waals surface area contributed by atoms with Gasteiger partial charge in [0.1, 0.15) is 0 Å². The molecular formula is C19H26N2O3S. The van der Waals surface area contributed by atoms with Crippen LogP contribution < -0.4 is 10.2 Å². The molecule has 0 aliphatic carbocycles. The van der Waals surface area contributed by atoms with Gasteiger partial charge < -0.3 is 10.2 Å². The topological polar surface area (TPSA) is 66.5 Å². The fourth-order valence-electron chi connectivity index (χ4n) is 2.96. The Morgan fingerprint density at radius 3 is 2.80 bits per heavy atom. The molecule has 6 heteroatoms. The molecule has 2 rings (SSSR count). The lowest BCUT2D eigenvalue weighted by Gasteiger charge is -2.29. The Balaban J connectivity index is 1.79. The zero-order valence-corrected chi connectivity index (χ0v) is 15.7. The highest BCUT2D eigenvalue weighted by molar-refractivity contribution is 8.14. The minimum atomic E-state index is -0.185. The van der Waals surface area contributed by atoms with E-state index in [9.17, 15) is 14.4 Å². The number of hydrogen-bond donors (Lipinski definition) is 1. The number of para-hydroxylation sites is 1. The molecule has 0 fully saturated rings. The average molecular weight is 362 g/mol. The predicted molar refractivity (Wildman–Crippen MR) is 102 cm³/mol. The van der Waals surface area contributed by atoms with E-state index in [0.29, 0.717) is 6.54 Å². The van der Waals surface area contributed by atoms with Crippen LogP contribution in [-0.4, -0.2) is 35.8 Å². The van der Waals surface area contributed by atoms with Gasteiger partial charge in [-0.05, 0) is 30.9 Å². The lowest BCUT2D eigenvalue weighted by molar-refractivity contribution is -0.126. The molecule has 0 aromatic heterocycles. The largest absolute Gasteiger partial charge is 0.348 e. The highest BCUT2D eigenvalue weighted by Gasteiger charge is 2.22. The van der Waals surface area contributed by atoms with E-state index in [1.807, 2.05) is 38.1 Å². The Hall–Kier alpha value is -1.82. The van der Waals surface area contributed by atoms with Crippen molar-refractivity contribution in [3.8, 4) is 0 Å². The maximum Gasteiger partial charge on any atom is 0.237 e. The van der Waals surface area contributed by atoms with Crippen molar-refractivity contribution >= 4 is 34.4 Å². The summed E-state index contributed by atoms with van der Waals surface area (Å²) in [6.07, 6.45) is 3.66. The lowest BCUT2D eigenvalue weighted by Crippen LogP contribution is -2.37. The molecular weight excluding hydrogens is 336 g/mol. The van der Waals surface area contributed by atoms with Crippen LogP contribution in [0.15, 0.2) is 24.3 Å². The third-order valence-corrected chi connectivity index (χ3v) is 5.20. The first kappa shape index (κ1) is 19.5. The van der Waals surface area contributed by atoms with Crippen molar-refractivity contribution in [2.75, 3.05) is 23.7 Å². The third kappa shape index (κ3) is 5.59. The van der Waals surface area contributed by atoms with Crippen molar-refractivity contribution in [1.82, 2.24) is 5.32 Å². The van der Waals surface area contributed by atoms with Crippen LogP contribution in [-0.2, 0) is 20.8 Å². The van der Waals surface area contributed by atoms with Crippen LogP contribution in [0.4, 0.5) is 5.69 Å². The molecule has 0 saturated heterocycles. The van der Waals surface area contributed by atoms with Gasteiger partial charge in [-0.25, -0.2) is 0 Å². The van der Waals surface area contributed by atoms with Crippen LogP contribution in [0.1, 0.15) is 38.7 Å². The van der Waals surface area contributed by atoms with Crippen molar-refractivity contribution in [3.05, 3.63) is 29.8 Å². The molecule has 0 saturated carbocycles. The minimum Gasteiger partial charge on any atom is -0.348 e. The standard InChI is InChI=1S/C19H26N2O3S/c1-3-7-14(2)19(24)20-12-18(23)25-13-17(22)21-11-6-9-15-8-4-5-10-16(15)21/h4-5,8,10,14H,3,6-7,9,11-13H2,1-2H3,(H,20,24)/t14-/m0/s1. The summed E-state index contributed by atoms with van der Waals surface area (Å²) in [5.41, 5.74) is 2.13. The van der Waals surface area contributed by atoms with Crippen molar-refractivity contribution in [2.24, 2.45) is 5.92 Å². The van der Waals surface area contributed by atoms with Gasteiger partial charge in [-0.3, -0.25) is 14.4 Å². The summed E-state index contributed by atoms with van der Waals surface area (Å²) in [6, 6.07) is 7.90. The molecule has 1 aliphatic rings. The normalized spacial score (nSPS) is 14.6. The number of rotatable bonds is 7. The van der Waals surface area contributed by atoms with Crippen LogP contribution in [0, 0.1) is 5.92 Å². The quantitative estimate of drug-likeness (QED) is 0.810. The molecule has 1 aromatic rings. The van der Waals surface area contributed by atoms with Crippen LogP contribution in [0.25, 0.3) is 0 Å². The smallest absolute Gasteiger partial charge is 0.237 e. The summed E-state index contributed by atoms with van der Waals surface area (Å²) in [5, 5.41) is 2.47. The SMILES string of the molecule is CCC[C@H](C)C(=O)NCC(=O)SCC(=O)N1CCCc2ccccc21. The zero-order valence-electron chi connectivity index (χ0n) is 14.9. The van der Waals surface area contributed by atoms with Crippen LogP contribution >= 0.6 is 11.8 Å². The molecule has 0 unspecified atom stereocenters. The fraction of sp³-hybridized carbons (Fsp3) is 0.526. The summed E-state index contributed by atoms with van der Waals surface area (Å²) in [6.45, 7) is 4.54. The van der Waals surface area contributed by atoms with E-state index in [-0.39, 0.29) is 35.1 Å². The van der Waals surface area contributed by atoms with Crippen LogP contribution in [0.3, 0.4) is 0 Å². The number of amides is 2. The van der Waals surface area contributed by atoms with Gasteiger partial charge in [-0.2, -0.15) is 0 Å². The van der Waals surface area contributed by atoms with Gasteiger partial charge >= 0.3 is 0 Å². The van der Waals surface area contributed by atoms with Crippen molar-refractivity contribution in [2.45, 2.75) is 39.5 Å². The van der Waals surface area contributed by atoms with Gasteiger partial charge in [0.2, 0.25) is 16.9 Å². The first-order valence-electron chi connectivity index (χ1n) is 8.84. The van der Waals surface area contributed by atoms with Gasteiger partial charge in [0.15, 0.2) is 0 Å². The predicted octanol–water partition coefficient (Wildman–Crippen LogP) is 2.78.